The summed E-state index contributed by atoms with van der Waals surface area (Å²) in [4.78, 5) is 35.7. The molecule has 2 aromatic rings. The fourth-order valence-corrected chi connectivity index (χ4v) is 2.67. The minimum atomic E-state index is -2.44. The zero-order chi connectivity index (χ0) is 18.8. The first-order chi connectivity index (χ1) is 11.8. The number of ether oxygens (including phenoxy) is 3. The number of rotatable bonds is 6. The molecule has 0 aliphatic rings. The summed E-state index contributed by atoms with van der Waals surface area (Å²) in [7, 11) is 2.96. The topological polar surface area (TPSA) is 131 Å². The number of hydrogen-bond acceptors (Lipinski definition) is 6. The van der Waals surface area contributed by atoms with Gasteiger partial charge in [-0.15, -0.1) is 0 Å². The van der Waals surface area contributed by atoms with E-state index in [2.05, 4.69) is 0 Å². The Morgan fingerprint density at radius 1 is 0.920 bits per heavy atom. The van der Waals surface area contributed by atoms with Gasteiger partial charge in [0.05, 0.1) is 14.2 Å². The van der Waals surface area contributed by atoms with Crippen molar-refractivity contribution in [3.05, 3.63) is 35.9 Å². The lowest BCUT2D eigenvalue weighted by Crippen LogP contribution is -2.54. The van der Waals surface area contributed by atoms with E-state index in [1.807, 2.05) is 0 Å². The van der Waals surface area contributed by atoms with Crippen molar-refractivity contribution in [1.29, 1.82) is 0 Å². The molecule has 2 aromatic carbocycles. The first kappa shape index (κ1) is 18.1. The molecule has 0 bridgehead atoms. The molecule has 132 valence electrons. The number of primary amides is 2. The highest BCUT2D eigenvalue weighted by Gasteiger charge is 2.49. The summed E-state index contributed by atoms with van der Waals surface area (Å²) in [5, 5.41) is 0.928. The number of amides is 2. The molecule has 0 atom stereocenters. The van der Waals surface area contributed by atoms with Crippen LogP contribution in [0.4, 0.5) is 0 Å². The van der Waals surface area contributed by atoms with Crippen LogP contribution in [0.25, 0.3) is 10.8 Å². The van der Waals surface area contributed by atoms with Crippen molar-refractivity contribution in [1.82, 2.24) is 0 Å². The fourth-order valence-electron chi connectivity index (χ4n) is 2.67. The number of carbonyl (C=O) groups excluding carboxylic acids is 3. The molecule has 25 heavy (non-hydrogen) atoms. The summed E-state index contributed by atoms with van der Waals surface area (Å²) in [6.07, 6.45) is 0. The Kier molecular flexibility index (Phi) is 4.82. The monoisotopic (exact) mass is 346 g/mol. The first-order valence-corrected chi connectivity index (χ1v) is 7.22. The number of methoxy groups -OCH3 is 2. The van der Waals surface area contributed by atoms with Gasteiger partial charge in [-0.1, -0.05) is 6.07 Å². The van der Waals surface area contributed by atoms with Crippen molar-refractivity contribution in [2.24, 2.45) is 11.5 Å². The Morgan fingerprint density at radius 3 is 2.04 bits per heavy atom. The molecule has 8 heteroatoms. The number of nitrogens with two attached hydrogens (primary N) is 2. The third kappa shape index (κ3) is 2.93. The molecule has 2 amide bonds. The Labute approximate surface area is 143 Å². The molecule has 0 radical (unpaired) electrons. The third-order valence-corrected chi connectivity index (χ3v) is 3.77. The number of esters is 1. The van der Waals surface area contributed by atoms with Gasteiger partial charge in [0.1, 0.15) is 11.5 Å². The van der Waals surface area contributed by atoms with E-state index in [0.717, 1.165) is 6.92 Å². The molecular weight excluding hydrogens is 328 g/mol. The number of carbonyl (C=O) groups is 3. The van der Waals surface area contributed by atoms with Crippen molar-refractivity contribution in [2.75, 3.05) is 14.2 Å². The first-order valence-electron chi connectivity index (χ1n) is 7.22. The molecule has 0 saturated carbocycles. The summed E-state index contributed by atoms with van der Waals surface area (Å²) in [6.45, 7) is 1.05. The SMILES string of the molecule is COc1ccc2c(C(OC(C)=O)(C(N)=O)C(N)=O)ccc(OC)c2c1. The zero-order valence-electron chi connectivity index (χ0n) is 14.0. The van der Waals surface area contributed by atoms with Crippen LogP contribution in [0.15, 0.2) is 30.3 Å². The van der Waals surface area contributed by atoms with Crippen molar-refractivity contribution >= 4 is 28.6 Å². The van der Waals surface area contributed by atoms with E-state index in [9.17, 15) is 14.4 Å². The summed E-state index contributed by atoms with van der Waals surface area (Å²) in [5.74, 6) is -2.28. The van der Waals surface area contributed by atoms with Crippen LogP contribution in [0.1, 0.15) is 12.5 Å². The van der Waals surface area contributed by atoms with Crippen molar-refractivity contribution in [3.63, 3.8) is 0 Å². The van der Waals surface area contributed by atoms with Gasteiger partial charge >= 0.3 is 5.97 Å². The molecule has 4 N–H and O–H groups in total. The van der Waals surface area contributed by atoms with Crippen LogP contribution in [-0.2, 0) is 24.7 Å². The Morgan fingerprint density at radius 2 is 1.56 bits per heavy atom. The van der Waals surface area contributed by atoms with Gasteiger partial charge < -0.3 is 25.7 Å². The van der Waals surface area contributed by atoms with Gasteiger partial charge in [0.25, 0.3) is 17.4 Å². The van der Waals surface area contributed by atoms with E-state index in [1.54, 1.807) is 18.2 Å². The van der Waals surface area contributed by atoms with Crippen LogP contribution in [0.5, 0.6) is 11.5 Å². The maximum atomic E-state index is 12.1. The van der Waals surface area contributed by atoms with Gasteiger partial charge in [0.15, 0.2) is 0 Å². The average molecular weight is 346 g/mol. The van der Waals surface area contributed by atoms with Gasteiger partial charge in [-0.25, -0.2) is 0 Å². The molecule has 0 heterocycles. The Balaban J connectivity index is 2.91. The average Bonchev–Trinajstić information content (AvgIpc) is 2.57. The molecule has 8 nitrogen and oxygen atoms in total. The lowest BCUT2D eigenvalue weighted by Gasteiger charge is -2.28. The molecule has 0 unspecified atom stereocenters. The highest BCUT2D eigenvalue weighted by molar-refractivity contribution is 6.12. The minimum absolute atomic E-state index is 0.0427. The number of fused-ring (bicyclic) bond motifs is 1. The van der Waals surface area contributed by atoms with Crippen LogP contribution in [0, 0.1) is 0 Å². The van der Waals surface area contributed by atoms with Crippen LogP contribution >= 0.6 is 0 Å². The van der Waals surface area contributed by atoms with Gasteiger partial charge in [-0.3, -0.25) is 14.4 Å². The molecule has 0 aromatic heterocycles. The maximum Gasteiger partial charge on any atom is 0.304 e. The summed E-state index contributed by atoms with van der Waals surface area (Å²) in [6, 6.07) is 7.79. The van der Waals surface area contributed by atoms with Crippen LogP contribution < -0.4 is 20.9 Å². The van der Waals surface area contributed by atoms with Crippen molar-refractivity contribution in [3.8, 4) is 11.5 Å². The molecule has 2 rings (SSSR count). The van der Waals surface area contributed by atoms with Gasteiger partial charge in [-0.2, -0.15) is 0 Å². The highest BCUT2D eigenvalue weighted by atomic mass is 16.6. The number of benzene rings is 2. The van der Waals surface area contributed by atoms with Crippen LogP contribution in [0.3, 0.4) is 0 Å². The quantitative estimate of drug-likeness (QED) is 0.581. The van der Waals surface area contributed by atoms with E-state index in [4.69, 9.17) is 25.7 Å². The largest absolute Gasteiger partial charge is 0.497 e. The van der Waals surface area contributed by atoms with Crippen molar-refractivity contribution < 1.29 is 28.6 Å². The maximum absolute atomic E-state index is 12.1. The molecular formula is C17H18N2O6. The normalized spacial score (nSPS) is 11.0. The standard InChI is InChI=1S/C17H18N2O6/c1-9(20)25-17(15(18)21,16(19)22)13-6-7-14(24-3)12-8-10(23-2)4-5-11(12)13/h4-8H,1-3H3,(H2,18,21)(H2,19,22). The predicted octanol–water partition coefficient (Wildman–Crippen LogP) is 0.586. The second-order valence-electron chi connectivity index (χ2n) is 5.23. The second-order valence-corrected chi connectivity index (χ2v) is 5.23. The van der Waals surface area contributed by atoms with Crippen LogP contribution in [0.2, 0.25) is 0 Å². The minimum Gasteiger partial charge on any atom is -0.497 e. The molecule has 0 saturated heterocycles. The van der Waals surface area contributed by atoms with E-state index in [1.165, 1.54) is 26.4 Å². The smallest absolute Gasteiger partial charge is 0.304 e. The van der Waals surface area contributed by atoms with E-state index < -0.39 is 23.4 Å². The van der Waals surface area contributed by atoms with Gasteiger partial charge in [0.2, 0.25) is 0 Å². The second kappa shape index (κ2) is 6.68. The lowest BCUT2D eigenvalue weighted by atomic mass is 9.87. The summed E-state index contributed by atoms with van der Waals surface area (Å²) in [5.41, 5.74) is 8.40. The fraction of sp³-hybridized carbons (Fsp3) is 0.235. The van der Waals surface area contributed by atoms with Crippen molar-refractivity contribution in [2.45, 2.75) is 12.5 Å². The van der Waals surface area contributed by atoms with Gasteiger partial charge in [-0.05, 0) is 29.7 Å². The highest BCUT2D eigenvalue weighted by Crippen LogP contribution is 2.38. The number of hydrogen-bond donors (Lipinski definition) is 2. The molecule has 0 aliphatic carbocycles. The predicted molar refractivity (Wildman–Crippen MR) is 88.9 cm³/mol. The Hall–Kier alpha value is -3.29. The van der Waals surface area contributed by atoms with E-state index in [0.29, 0.717) is 22.3 Å². The zero-order valence-corrected chi connectivity index (χ0v) is 14.0. The molecule has 0 spiro atoms. The Bertz CT molecular complexity index is 848. The molecule has 0 aliphatic heterocycles. The van der Waals surface area contributed by atoms with Crippen LogP contribution in [-0.4, -0.2) is 32.0 Å². The summed E-state index contributed by atoms with van der Waals surface area (Å²) >= 11 is 0. The molecule has 0 fully saturated rings. The third-order valence-electron chi connectivity index (χ3n) is 3.77. The summed E-state index contributed by atoms with van der Waals surface area (Å²) < 4.78 is 15.5. The van der Waals surface area contributed by atoms with E-state index >= 15 is 0 Å². The van der Waals surface area contributed by atoms with E-state index in [-0.39, 0.29) is 5.56 Å². The van der Waals surface area contributed by atoms with Gasteiger partial charge in [0, 0.05) is 17.9 Å². The lowest BCUT2D eigenvalue weighted by molar-refractivity contribution is -0.172.